The second-order valence-corrected chi connectivity index (χ2v) is 3.66. The van der Waals surface area contributed by atoms with E-state index in [2.05, 4.69) is 15.4 Å². The first-order valence-corrected chi connectivity index (χ1v) is 5.29. The van der Waals surface area contributed by atoms with Crippen molar-refractivity contribution in [1.82, 2.24) is 9.97 Å². The fourth-order valence-electron chi connectivity index (χ4n) is 1.49. The van der Waals surface area contributed by atoms with Crippen molar-refractivity contribution < 1.29 is 5.11 Å². The Kier molecular flexibility index (Phi) is 4.45. The van der Waals surface area contributed by atoms with Crippen molar-refractivity contribution in [3.05, 3.63) is 11.9 Å². The van der Waals surface area contributed by atoms with Crippen LogP contribution in [0.15, 0.2) is 6.33 Å². The lowest BCUT2D eigenvalue weighted by Gasteiger charge is -2.26. The molecule has 1 aromatic rings. The van der Waals surface area contributed by atoms with Gasteiger partial charge in [-0.1, -0.05) is 6.92 Å². The van der Waals surface area contributed by atoms with Gasteiger partial charge in [0.05, 0.1) is 12.6 Å². The topological polar surface area (TPSA) is 87.3 Å². The molecule has 1 aromatic heterocycles. The van der Waals surface area contributed by atoms with Gasteiger partial charge < -0.3 is 15.4 Å². The molecule has 1 unspecified atom stereocenters. The molecular weight excluding hydrogens is 206 g/mol. The van der Waals surface area contributed by atoms with Crippen LogP contribution in [0.1, 0.15) is 19.4 Å². The van der Waals surface area contributed by atoms with Crippen LogP contribution < -0.4 is 16.2 Å². The molecule has 0 bridgehead atoms. The molecule has 4 N–H and O–H groups in total. The number of hydrogen-bond donors (Lipinski definition) is 3. The molecule has 90 valence electrons. The van der Waals surface area contributed by atoms with Gasteiger partial charge in [-0.25, -0.2) is 15.8 Å². The Morgan fingerprint density at radius 2 is 2.25 bits per heavy atom. The monoisotopic (exact) mass is 225 g/mol. The maximum Gasteiger partial charge on any atom is 0.148 e. The lowest BCUT2D eigenvalue weighted by Crippen LogP contribution is -2.33. The number of nitrogen functional groups attached to an aromatic ring is 1. The average Bonchev–Trinajstić information content (AvgIpc) is 2.35. The molecule has 1 rings (SSSR count). The molecule has 0 fully saturated rings. The predicted octanol–water partition coefficient (Wildman–Crippen LogP) is 0.142. The van der Waals surface area contributed by atoms with E-state index in [0.29, 0.717) is 5.82 Å². The highest BCUT2D eigenvalue weighted by atomic mass is 16.3. The van der Waals surface area contributed by atoms with Gasteiger partial charge in [-0.05, 0) is 13.3 Å². The summed E-state index contributed by atoms with van der Waals surface area (Å²) in [6, 6.07) is 0.00539. The Bertz CT molecular complexity index is 344. The van der Waals surface area contributed by atoms with Crippen molar-refractivity contribution in [2.24, 2.45) is 5.84 Å². The van der Waals surface area contributed by atoms with Crippen LogP contribution in [-0.4, -0.2) is 34.8 Å². The number of nitrogens with zero attached hydrogens (tertiary/aromatic N) is 3. The van der Waals surface area contributed by atoms with Gasteiger partial charge >= 0.3 is 0 Å². The van der Waals surface area contributed by atoms with E-state index in [-0.39, 0.29) is 12.6 Å². The summed E-state index contributed by atoms with van der Waals surface area (Å²) >= 11 is 0. The molecule has 0 saturated heterocycles. The van der Waals surface area contributed by atoms with Gasteiger partial charge in [0.2, 0.25) is 0 Å². The highest BCUT2D eigenvalue weighted by Gasteiger charge is 2.16. The third-order valence-electron chi connectivity index (χ3n) is 2.67. The minimum atomic E-state index is 0.00539. The van der Waals surface area contributed by atoms with E-state index in [1.54, 1.807) is 0 Å². The second kappa shape index (κ2) is 5.62. The van der Waals surface area contributed by atoms with Crippen LogP contribution in [-0.2, 0) is 6.42 Å². The number of aliphatic hydroxyl groups excluding tert-OH is 1. The van der Waals surface area contributed by atoms with Crippen LogP contribution in [0, 0.1) is 0 Å². The van der Waals surface area contributed by atoms with Crippen molar-refractivity contribution in [1.29, 1.82) is 0 Å². The number of rotatable bonds is 5. The summed E-state index contributed by atoms with van der Waals surface area (Å²) < 4.78 is 0. The first-order chi connectivity index (χ1) is 7.65. The van der Waals surface area contributed by atoms with Gasteiger partial charge in [0.25, 0.3) is 0 Å². The van der Waals surface area contributed by atoms with Gasteiger partial charge in [0.15, 0.2) is 0 Å². The smallest absolute Gasteiger partial charge is 0.148 e. The number of anilines is 2. The van der Waals surface area contributed by atoms with Gasteiger partial charge in [-0.2, -0.15) is 0 Å². The van der Waals surface area contributed by atoms with E-state index in [0.717, 1.165) is 17.8 Å². The third kappa shape index (κ3) is 2.40. The summed E-state index contributed by atoms with van der Waals surface area (Å²) in [5.41, 5.74) is 3.51. The predicted molar refractivity (Wildman–Crippen MR) is 64.2 cm³/mol. The van der Waals surface area contributed by atoms with E-state index < -0.39 is 0 Å². The minimum absolute atomic E-state index is 0.00539. The van der Waals surface area contributed by atoms with Crippen LogP contribution in [0.4, 0.5) is 11.6 Å². The molecule has 0 aliphatic carbocycles. The van der Waals surface area contributed by atoms with Crippen LogP contribution >= 0.6 is 0 Å². The number of aliphatic hydroxyl groups is 1. The summed E-state index contributed by atoms with van der Waals surface area (Å²) in [4.78, 5) is 10.2. The van der Waals surface area contributed by atoms with Gasteiger partial charge in [0, 0.05) is 12.6 Å². The van der Waals surface area contributed by atoms with E-state index in [1.165, 1.54) is 6.33 Å². The zero-order valence-corrected chi connectivity index (χ0v) is 9.94. The molecule has 0 aliphatic heterocycles. The molecule has 0 radical (unpaired) electrons. The lowest BCUT2D eigenvalue weighted by molar-refractivity contribution is 0.269. The molecule has 0 spiro atoms. The van der Waals surface area contributed by atoms with E-state index in [1.807, 2.05) is 25.8 Å². The molecule has 6 heteroatoms. The number of aromatic nitrogens is 2. The molecule has 0 aliphatic rings. The fourth-order valence-corrected chi connectivity index (χ4v) is 1.49. The molecule has 16 heavy (non-hydrogen) atoms. The number of hydrogen-bond acceptors (Lipinski definition) is 6. The van der Waals surface area contributed by atoms with Crippen molar-refractivity contribution in [2.45, 2.75) is 26.3 Å². The van der Waals surface area contributed by atoms with Crippen molar-refractivity contribution >= 4 is 11.6 Å². The zero-order valence-electron chi connectivity index (χ0n) is 9.94. The van der Waals surface area contributed by atoms with E-state index in [9.17, 15) is 0 Å². The quantitative estimate of drug-likeness (QED) is 0.488. The van der Waals surface area contributed by atoms with Crippen molar-refractivity contribution in [2.75, 3.05) is 24.0 Å². The van der Waals surface area contributed by atoms with Crippen molar-refractivity contribution in [3.63, 3.8) is 0 Å². The summed E-state index contributed by atoms with van der Waals surface area (Å²) in [7, 11) is 1.89. The standard InChI is InChI=1S/C10H19N5O/c1-4-8-9(14-11)12-6-13-10(8)15(3)7(2)5-16/h6-7,16H,4-5,11H2,1-3H3,(H,12,13,14). The number of hydrazine groups is 1. The van der Waals surface area contributed by atoms with E-state index in [4.69, 9.17) is 10.9 Å². The highest BCUT2D eigenvalue weighted by molar-refractivity contribution is 5.58. The second-order valence-electron chi connectivity index (χ2n) is 3.66. The summed E-state index contributed by atoms with van der Waals surface area (Å²) in [6.07, 6.45) is 2.24. The third-order valence-corrected chi connectivity index (χ3v) is 2.67. The summed E-state index contributed by atoms with van der Waals surface area (Å²) in [6.45, 7) is 4.02. The largest absolute Gasteiger partial charge is 0.394 e. The Morgan fingerprint density at radius 3 is 2.75 bits per heavy atom. The summed E-state index contributed by atoms with van der Waals surface area (Å²) in [5.74, 6) is 6.82. The molecule has 0 saturated carbocycles. The van der Waals surface area contributed by atoms with Crippen molar-refractivity contribution in [3.8, 4) is 0 Å². The highest BCUT2D eigenvalue weighted by Crippen LogP contribution is 2.23. The average molecular weight is 225 g/mol. The first-order valence-electron chi connectivity index (χ1n) is 5.29. The Morgan fingerprint density at radius 1 is 1.56 bits per heavy atom. The molecule has 6 nitrogen and oxygen atoms in total. The molecule has 1 heterocycles. The molecular formula is C10H19N5O. The van der Waals surface area contributed by atoms with Crippen LogP contribution in [0.5, 0.6) is 0 Å². The lowest BCUT2D eigenvalue weighted by atomic mass is 10.2. The van der Waals surface area contributed by atoms with Gasteiger partial charge in [-0.3, -0.25) is 0 Å². The van der Waals surface area contributed by atoms with Gasteiger partial charge in [0.1, 0.15) is 18.0 Å². The van der Waals surface area contributed by atoms with Crippen LogP contribution in [0.3, 0.4) is 0 Å². The normalized spacial score (nSPS) is 12.3. The maximum atomic E-state index is 9.13. The number of nitrogens with one attached hydrogen (secondary N) is 1. The molecule has 0 aromatic carbocycles. The SMILES string of the molecule is CCc1c(NN)ncnc1N(C)C(C)CO. The molecule has 0 amide bonds. The van der Waals surface area contributed by atoms with Crippen LogP contribution in [0.2, 0.25) is 0 Å². The Balaban J connectivity index is 3.12. The Labute approximate surface area is 95.5 Å². The maximum absolute atomic E-state index is 9.13. The molecule has 1 atom stereocenters. The summed E-state index contributed by atoms with van der Waals surface area (Å²) in [5, 5.41) is 9.13. The van der Waals surface area contributed by atoms with Gasteiger partial charge in [-0.15, -0.1) is 0 Å². The van der Waals surface area contributed by atoms with E-state index >= 15 is 0 Å². The first kappa shape index (κ1) is 12.7. The fraction of sp³-hybridized carbons (Fsp3) is 0.600. The number of likely N-dealkylation sites (N-methyl/N-ethyl adjacent to an activating group) is 1. The van der Waals surface area contributed by atoms with Crippen LogP contribution in [0.25, 0.3) is 0 Å². The Hall–Kier alpha value is -1.40. The minimum Gasteiger partial charge on any atom is -0.394 e. The number of nitrogens with two attached hydrogens (primary N) is 1. The zero-order chi connectivity index (χ0) is 12.1.